The van der Waals surface area contributed by atoms with Crippen LogP contribution in [0.4, 0.5) is 0 Å². The second-order valence-electron chi connectivity index (χ2n) is 2.31. The number of hydrogen-bond acceptors (Lipinski definition) is 2. The van der Waals surface area contributed by atoms with Gasteiger partial charge in [-0.1, -0.05) is 0 Å². The summed E-state index contributed by atoms with van der Waals surface area (Å²) in [6.07, 6.45) is 1.64. The SMILES string of the molecule is CC(=O)c1ccnc(C)c1Br. The molecule has 11 heavy (non-hydrogen) atoms. The second kappa shape index (κ2) is 3.13. The van der Waals surface area contributed by atoms with E-state index >= 15 is 0 Å². The number of halogens is 1. The van der Waals surface area contributed by atoms with Crippen molar-refractivity contribution in [2.75, 3.05) is 0 Å². The quantitative estimate of drug-likeness (QED) is 0.671. The van der Waals surface area contributed by atoms with E-state index in [9.17, 15) is 4.79 Å². The Balaban J connectivity index is 3.27. The van der Waals surface area contributed by atoms with Gasteiger partial charge in [-0.15, -0.1) is 0 Å². The number of aromatic nitrogens is 1. The molecule has 1 heterocycles. The third kappa shape index (κ3) is 1.66. The summed E-state index contributed by atoms with van der Waals surface area (Å²) < 4.78 is 0.799. The minimum atomic E-state index is 0.0578. The lowest BCUT2D eigenvalue weighted by Crippen LogP contribution is -1.96. The molecule has 0 spiro atoms. The van der Waals surface area contributed by atoms with Crippen LogP contribution in [0.5, 0.6) is 0 Å². The molecule has 0 aliphatic rings. The van der Waals surface area contributed by atoms with E-state index < -0.39 is 0 Å². The zero-order chi connectivity index (χ0) is 8.43. The maximum atomic E-state index is 11.0. The maximum absolute atomic E-state index is 11.0. The number of ketones is 1. The van der Waals surface area contributed by atoms with E-state index in [1.54, 1.807) is 19.2 Å². The van der Waals surface area contributed by atoms with Crippen LogP contribution in [0.3, 0.4) is 0 Å². The first-order chi connectivity index (χ1) is 5.13. The van der Waals surface area contributed by atoms with Gasteiger partial charge in [0.2, 0.25) is 0 Å². The van der Waals surface area contributed by atoms with Gasteiger partial charge in [-0.25, -0.2) is 0 Å². The normalized spacial score (nSPS) is 9.73. The van der Waals surface area contributed by atoms with Crippen molar-refractivity contribution in [1.82, 2.24) is 4.98 Å². The smallest absolute Gasteiger partial charge is 0.161 e. The van der Waals surface area contributed by atoms with Crippen LogP contribution in [0.2, 0.25) is 0 Å². The lowest BCUT2D eigenvalue weighted by atomic mass is 10.2. The summed E-state index contributed by atoms with van der Waals surface area (Å²) in [7, 11) is 0. The fourth-order valence-electron chi connectivity index (χ4n) is 0.820. The van der Waals surface area contributed by atoms with Gasteiger partial charge in [0, 0.05) is 16.2 Å². The maximum Gasteiger partial charge on any atom is 0.161 e. The molecule has 3 heteroatoms. The Labute approximate surface area is 73.8 Å². The summed E-state index contributed by atoms with van der Waals surface area (Å²) in [6, 6.07) is 1.71. The van der Waals surface area contributed by atoms with Crippen LogP contribution in [0.15, 0.2) is 16.7 Å². The first-order valence-corrected chi connectivity index (χ1v) is 4.04. The predicted octanol–water partition coefficient (Wildman–Crippen LogP) is 2.36. The topological polar surface area (TPSA) is 30.0 Å². The molecule has 0 N–H and O–H groups in total. The van der Waals surface area contributed by atoms with Crippen molar-refractivity contribution < 1.29 is 4.79 Å². The number of rotatable bonds is 1. The molecular weight excluding hydrogens is 206 g/mol. The monoisotopic (exact) mass is 213 g/mol. The van der Waals surface area contributed by atoms with Crippen molar-refractivity contribution in [2.24, 2.45) is 0 Å². The zero-order valence-electron chi connectivity index (χ0n) is 6.39. The average molecular weight is 214 g/mol. The number of pyridine rings is 1. The van der Waals surface area contributed by atoms with Crippen molar-refractivity contribution in [3.63, 3.8) is 0 Å². The molecule has 0 atom stereocenters. The Morgan fingerprint density at radius 3 is 2.73 bits per heavy atom. The number of hydrogen-bond donors (Lipinski definition) is 0. The second-order valence-corrected chi connectivity index (χ2v) is 3.11. The third-order valence-corrected chi connectivity index (χ3v) is 2.44. The fourth-order valence-corrected chi connectivity index (χ4v) is 1.33. The van der Waals surface area contributed by atoms with Crippen LogP contribution >= 0.6 is 15.9 Å². The van der Waals surface area contributed by atoms with Crippen LogP contribution in [0, 0.1) is 6.92 Å². The average Bonchev–Trinajstić information content (AvgIpc) is 1.94. The summed E-state index contributed by atoms with van der Waals surface area (Å²) in [6.45, 7) is 3.40. The molecular formula is C8H8BrNO. The molecule has 58 valence electrons. The minimum absolute atomic E-state index is 0.0578. The molecule has 0 amide bonds. The molecule has 0 fully saturated rings. The first-order valence-electron chi connectivity index (χ1n) is 3.25. The van der Waals surface area contributed by atoms with Crippen LogP contribution < -0.4 is 0 Å². The van der Waals surface area contributed by atoms with Gasteiger partial charge in [0.25, 0.3) is 0 Å². The zero-order valence-corrected chi connectivity index (χ0v) is 7.97. The highest BCUT2D eigenvalue weighted by atomic mass is 79.9. The van der Waals surface area contributed by atoms with E-state index in [1.807, 2.05) is 6.92 Å². The summed E-state index contributed by atoms with van der Waals surface area (Å²) in [5, 5.41) is 0. The fraction of sp³-hybridized carbons (Fsp3) is 0.250. The summed E-state index contributed by atoms with van der Waals surface area (Å²) in [5.74, 6) is 0.0578. The predicted molar refractivity (Wildman–Crippen MR) is 46.7 cm³/mol. The van der Waals surface area contributed by atoms with Gasteiger partial charge in [0.1, 0.15) is 0 Å². The molecule has 0 saturated carbocycles. The van der Waals surface area contributed by atoms with Crippen molar-refractivity contribution >= 4 is 21.7 Å². The molecule has 0 aliphatic carbocycles. The van der Waals surface area contributed by atoms with E-state index in [0.717, 1.165) is 10.2 Å². The van der Waals surface area contributed by atoms with Crippen molar-refractivity contribution in [1.29, 1.82) is 0 Å². The van der Waals surface area contributed by atoms with Gasteiger partial charge < -0.3 is 0 Å². The van der Waals surface area contributed by atoms with E-state index in [-0.39, 0.29) is 5.78 Å². The molecule has 0 radical (unpaired) electrons. The van der Waals surface area contributed by atoms with Crippen LogP contribution in [0.25, 0.3) is 0 Å². The Bertz CT molecular complexity index is 296. The number of carbonyl (C=O) groups is 1. The first kappa shape index (κ1) is 8.40. The molecule has 0 bridgehead atoms. The van der Waals surface area contributed by atoms with Crippen LogP contribution in [0.1, 0.15) is 23.0 Å². The largest absolute Gasteiger partial charge is 0.294 e. The molecule has 1 aromatic heterocycles. The van der Waals surface area contributed by atoms with Crippen LogP contribution in [-0.2, 0) is 0 Å². The van der Waals surface area contributed by atoms with Gasteiger partial charge in [0.15, 0.2) is 5.78 Å². The molecule has 0 saturated heterocycles. The van der Waals surface area contributed by atoms with Crippen molar-refractivity contribution in [3.8, 4) is 0 Å². The standard InChI is InChI=1S/C8H8BrNO/c1-5-8(9)7(6(2)11)3-4-10-5/h3-4H,1-2H3. The van der Waals surface area contributed by atoms with Gasteiger partial charge in [-0.05, 0) is 35.8 Å². The number of aryl methyl sites for hydroxylation is 1. The van der Waals surface area contributed by atoms with E-state index in [0.29, 0.717) is 5.56 Å². The molecule has 2 nitrogen and oxygen atoms in total. The lowest BCUT2D eigenvalue weighted by Gasteiger charge is -2.00. The highest BCUT2D eigenvalue weighted by Gasteiger charge is 2.06. The molecule has 0 aromatic carbocycles. The Kier molecular flexibility index (Phi) is 2.39. The van der Waals surface area contributed by atoms with Crippen molar-refractivity contribution in [3.05, 3.63) is 28.0 Å². The Hall–Kier alpha value is -0.700. The Morgan fingerprint density at radius 2 is 2.27 bits per heavy atom. The molecule has 0 aliphatic heterocycles. The van der Waals surface area contributed by atoms with Crippen LogP contribution in [-0.4, -0.2) is 10.8 Å². The highest BCUT2D eigenvalue weighted by molar-refractivity contribution is 9.10. The van der Waals surface area contributed by atoms with Crippen molar-refractivity contribution in [2.45, 2.75) is 13.8 Å². The van der Waals surface area contributed by atoms with E-state index in [4.69, 9.17) is 0 Å². The van der Waals surface area contributed by atoms with Gasteiger partial charge in [-0.3, -0.25) is 9.78 Å². The Morgan fingerprint density at radius 1 is 1.64 bits per heavy atom. The highest BCUT2D eigenvalue weighted by Crippen LogP contribution is 2.18. The number of Topliss-reactive ketones (excluding diaryl/α,β-unsaturated/α-hetero) is 1. The lowest BCUT2D eigenvalue weighted by molar-refractivity contribution is 0.101. The third-order valence-electron chi connectivity index (χ3n) is 1.44. The minimum Gasteiger partial charge on any atom is -0.294 e. The van der Waals surface area contributed by atoms with Gasteiger partial charge >= 0.3 is 0 Å². The van der Waals surface area contributed by atoms with E-state index in [1.165, 1.54) is 0 Å². The van der Waals surface area contributed by atoms with Gasteiger partial charge in [-0.2, -0.15) is 0 Å². The van der Waals surface area contributed by atoms with E-state index in [2.05, 4.69) is 20.9 Å². The molecule has 0 unspecified atom stereocenters. The number of nitrogens with zero attached hydrogens (tertiary/aromatic N) is 1. The summed E-state index contributed by atoms with van der Waals surface area (Å²) >= 11 is 3.30. The summed E-state index contributed by atoms with van der Waals surface area (Å²) in [4.78, 5) is 15.0. The molecule has 1 aromatic rings. The van der Waals surface area contributed by atoms with Gasteiger partial charge in [0.05, 0.1) is 5.69 Å². The molecule has 1 rings (SSSR count). The summed E-state index contributed by atoms with van der Waals surface area (Å²) in [5.41, 5.74) is 1.54. The number of carbonyl (C=O) groups excluding carboxylic acids is 1.